The molecule has 0 fully saturated rings. The zero-order chi connectivity index (χ0) is 20.3. The van der Waals surface area contributed by atoms with E-state index in [-0.39, 0.29) is 12.2 Å². The molecule has 0 radical (unpaired) electrons. The zero-order valence-corrected chi connectivity index (χ0v) is 16.2. The number of halogens is 1. The average Bonchev–Trinajstić information content (AvgIpc) is 3.21. The molecule has 0 saturated carbocycles. The number of esters is 1. The van der Waals surface area contributed by atoms with Crippen molar-refractivity contribution >= 4 is 34.1 Å². The Kier molecular flexibility index (Phi) is 6.08. The van der Waals surface area contributed by atoms with Gasteiger partial charge in [-0.05, 0) is 55.9 Å². The highest BCUT2D eigenvalue weighted by molar-refractivity contribution is 7.17. The lowest BCUT2D eigenvalue weighted by Crippen LogP contribution is -2.30. The summed E-state index contributed by atoms with van der Waals surface area (Å²) in [6.07, 6.45) is 2.05. The van der Waals surface area contributed by atoms with Crippen molar-refractivity contribution in [2.24, 2.45) is 5.73 Å². The smallest absolute Gasteiger partial charge is 0.306 e. The number of rotatable bonds is 7. The maximum Gasteiger partial charge on any atom is 0.306 e. The average molecular weight is 404 g/mol. The van der Waals surface area contributed by atoms with Gasteiger partial charge in [-0.1, -0.05) is 12.1 Å². The van der Waals surface area contributed by atoms with E-state index in [1.807, 2.05) is 0 Å². The first-order valence-corrected chi connectivity index (χ1v) is 9.86. The normalized spacial score (nSPS) is 13.6. The van der Waals surface area contributed by atoms with E-state index in [0.717, 1.165) is 35.3 Å². The molecule has 6 nitrogen and oxygen atoms in total. The van der Waals surface area contributed by atoms with Gasteiger partial charge >= 0.3 is 5.97 Å². The summed E-state index contributed by atoms with van der Waals surface area (Å²) in [5.41, 5.74) is 7.55. The number of amides is 2. The molecule has 0 unspecified atom stereocenters. The Labute approximate surface area is 165 Å². The number of nitrogens with two attached hydrogens (primary N) is 1. The van der Waals surface area contributed by atoms with Crippen LogP contribution in [-0.2, 0) is 33.6 Å². The highest BCUT2D eigenvalue weighted by Gasteiger charge is 2.27. The molecule has 0 aliphatic heterocycles. The minimum atomic E-state index is -1.02. The summed E-state index contributed by atoms with van der Waals surface area (Å²) >= 11 is 1.35. The monoisotopic (exact) mass is 404 g/mol. The number of fused-ring (bicyclic) bond motifs is 1. The van der Waals surface area contributed by atoms with Crippen LogP contribution in [0.1, 0.15) is 46.1 Å². The van der Waals surface area contributed by atoms with E-state index in [1.165, 1.54) is 30.4 Å². The Morgan fingerprint density at radius 3 is 2.64 bits per heavy atom. The van der Waals surface area contributed by atoms with Gasteiger partial charge in [0.15, 0.2) is 6.10 Å². The molecule has 1 atom stereocenters. The van der Waals surface area contributed by atoms with Crippen LogP contribution in [0.25, 0.3) is 0 Å². The lowest BCUT2D eigenvalue weighted by atomic mass is 10.1. The molecule has 148 valence electrons. The molecular weight excluding hydrogens is 383 g/mol. The second kappa shape index (κ2) is 8.52. The van der Waals surface area contributed by atoms with Crippen LogP contribution in [0.15, 0.2) is 24.3 Å². The van der Waals surface area contributed by atoms with Gasteiger partial charge in [-0.3, -0.25) is 14.4 Å². The second-order valence-electron chi connectivity index (χ2n) is 6.67. The van der Waals surface area contributed by atoms with E-state index in [4.69, 9.17) is 10.5 Å². The van der Waals surface area contributed by atoms with Crippen LogP contribution < -0.4 is 11.1 Å². The standard InChI is InChI=1S/C20H21FN2O4S/c1-11(27-16(24)10-7-12-5-8-13(21)9-6-12)19(26)23-20-17(18(22)25)14-3-2-4-15(14)28-20/h5-6,8-9,11H,2-4,7,10H2,1H3,(H2,22,25)(H,23,26)/t11-/m0/s1. The molecule has 1 aromatic carbocycles. The number of ether oxygens (including phenoxy) is 1. The third kappa shape index (κ3) is 4.56. The van der Waals surface area contributed by atoms with E-state index in [9.17, 15) is 18.8 Å². The highest BCUT2D eigenvalue weighted by Crippen LogP contribution is 2.38. The van der Waals surface area contributed by atoms with Crippen LogP contribution in [-0.4, -0.2) is 23.9 Å². The molecule has 0 spiro atoms. The molecule has 3 rings (SSSR count). The third-order valence-electron chi connectivity index (χ3n) is 4.61. The van der Waals surface area contributed by atoms with Gasteiger partial charge in [0.1, 0.15) is 10.8 Å². The van der Waals surface area contributed by atoms with Crippen molar-refractivity contribution in [2.75, 3.05) is 5.32 Å². The summed E-state index contributed by atoms with van der Waals surface area (Å²) in [5.74, 6) is -1.96. The number of primary amides is 1. The molecule has 2 aromatic rings. The maximum atomic E-state index is 12.9. The molecule has 2 amide bonds. The fourth-order valence-electron chi connectivity index (χ4n) is 3.17. The fraction of sp³-hybridized carbons (Fsp3) is 0.350. The lowest BCUT2D eigenvalue weighted by molar-refractivity contribution is -0.153. The minimum Gasteiger partial charge on any atom is -0.453 e. The van der Waals surface area contributed by atoms with Gasteiger partial charge in [-0.25, -0.2) is 4.39 Å². The third-order valence-corrected chi connectivity index (χ3v) is 5.82. The van der Waals surface area contributed by atoms with Crippen LogP contribution in [0.5, 0.6) is 0 Å². The van der Waals surface area contributed by atoms with Crippen LogP contribution in [0.4, 0.5) is 9.39 Å². The van der Waals surface area contributed by atoms with Crippen LogP contribution >= 0.6 is 11.3 Å². The number of benzene rings is 1. The Balaban J connectivity index is 1.55. The predicted molar refractivity (Wildman–Crippen MR) is 104 cm³/mol. The number of anilines is 1. The van der Waals surface area contributed by atoms with Gasteiger partial charge < -0.3 is 15.8 Å². The number of nitrogens with one attached hydrogen (secondary N) is 1. The summed E-state index contributed by atoms with van der Waals surface area (Å²) in [4.78, 5) is 37.2. The number of thiophene rings is 1. The number of carbonyl (C=O) groups excluding carboxylic acids is 3. The van der Waals surface area contributed by atoms with E-state index in [0.29, 0.717) is 17.0 Å². The zero-order valence-electron chi connectivity index (χ0n) is 15.4. The Morgan fingerprint density at radius 1 is 1.25 bits per heavy atom. The van der Waals surface area contributed by atoms with Gasteiger partial charge in [-0.2, -0.15) is 0 Å². The van der Waals surface area contributed by atoms with E-state index >= 15 is 0 Å². The van der Waals surface area contributed by atoms with E-state index in [2.05, 4.69) is 5.32 Å². The Morgan fingerprint density at radius 2 is 1.96 bits per heavy atom. The molecule has 1 aliphatic carbocycles. The van der Waals surface area contributed by atoms with Crippen molar-refractivity contribution in [3.05, 3.63) is 51.7 Å². The van der Waals surface area contributed by atoms with Gasteiger partial charge in [0.2, 0.25) is 0 Å². The molecule has 1 heterocycles. The predicted octanol–water partition coefficient (Wildman–Crippen LogP) is 2.98. The summed E-state index contributed by atoms with van der Waals surface area (Å²) in [7, 11) is 0. The molecule has 0 bridgehead atoms. The maximum absolute atomic E-state index is 12.9. The number of aryl methyl sites for hydroxylation is 2. The van der Waals surface area contributed by atoms with E-state index < -0.39 is 23.9 Å². The Bertz CT molecular complexity index is 908. The second-order valence-corrected chi connectivity index (χ2v) is 7.78. The molecule has 8 heteroatoms. The van der Waals surface area contributed by atoms with Crippen molar-refractivity contribution in [2.45, 2.75) is 45.1 Å². The number of carbonyl (C=O) groups is 3. The van der Waals surface area contributed by atoms with Crippen molar-refractivity contribution < 1.29 is 23.5 Å². The highest BCUT2D eigenvalue weighted by atomic mass is 32.1. The SMILES string of the molecule is C[C@H](OC(=O)CCc1ccc(F)cc1)C(=O)Nc1sc2c(c1C(N)=O)CCC2. The van der Waals surface area contributed by atoms with Crippen LogP contribution in [0.2, 0.25) is 0 Å². The minimum absolute atomic E-state index is 0.0725. The van der Waals surface area contributed by atoms with Gasteiger partial charge in [-0.15, -0.1) is 11.3 Å². The largest absolute Gasteiger partial charge is 0.453 e. The first-order chi connectivity index (χ1) is 13.3. The van der Waals surface area contributed by atoms with Crippen molar-refractivity contribution in [3.8, 4) is 0 Å². The lowest BCUT2D eigenvalue weighted by Gasteiger charge is -2.13. The quantitative estimate of drug-likeness (QED) is 0.693. The van der Waals surface area contributed by atoms with Crippen molar-refractivity contribution in [1.82, 2.24) is 0 Å². The first kappa shape index (κ1) is 20.0. The fourth-order valence-corrected chi connectivity index (χ4v) is 4.47. The number of hydrogen-bond donors (Lipinski definition) is 2. The summed E-state index contributed by atoms with van der Waals surface area (Å²) in [6.45, 7) is 1.47. The topological polar surface area (TPSA) is 98.5 Å². The summed E-state index contributed by atoms with van der Waals surface area (Å²) < 4.78 is 18.1. The van der Waals surface area contributed by atoms with E-state index in [1.54, 1.807) is 12.1 Å². The first-order valence-electron chi connectivity index (χ1n) is 9.04. The summed E-state index contributed by atoms with van der Waals surface area (Å²) in [5, 5.41) is 3.08. The summed E-state index contributed by atoms with van der Waals surface area (Å²) in [6, 6.07) is 5.84. The molecular formula is C20H21FN2O4S. The van der Waals surface area contributed by atoms with Gasteiger partial charge in [0, 0.05) is 11.3 Å². The van der Waals surface area contributed by atoms with Gasteiger partial charge in [0.25, 0.3) is 11.8 Å². The van der Waals surface area contributed by atoms with Crippen LogP contribution in [0.3, 0.4) is 0 Å². The van der Waals surface area contributed by atoms with Crippen molar-refractivity contribution in [3.63, 3.8) is 0 Å². The van der Waals surface area contributed by atoms with Crippen molar-refractivity contribution in [1.29, 1.82) is 0 Å². The Hall–Kier alpha value is -2.74. The molecule has 0 saturated heterocycles. The molecule has 28 heavy (non-hydrogen) atoms. The number of hydrogen-bond acceptors (Lipinski definition) is 5. The van der Waals surface area contributed by atoms with Crippen LogP contribution in [0, 0.1) is 5.82 Å². The molecule has 1 aliphatic rings. The van der Waals surface area contributed by atoms with Gasteiger partial charge in [0.05, 0.1) is 5.56 Å². The molecule has 3 N–H and O–H groups in total. The molecule has 1 aromatic heterocycles.